The van der Waals surface area contributed by atoms with Crippen LogP contribution < -0.4 is 5.56 Å². The van der Waals surface area contributed by atoms with Crippen molar-refractivity contribution >= 4 is 33.5 Å². The van der Waals surface area contributed by atoms with Crippen molar-refractivity contribution in [1.29, 1.82) is 0 Å². The third-order valence-electron chi connectivity index (χ3n) is 5.09. The Bertz CT molecular complexity index is 1330. The number of thiophene rings is 1. The Hall–Kier alpha value is -3.78. The summed E-state index contributed by atoms with van der Waals surface area (Å²) < 4.78 is 11.6. The summed E-state index contributed by atoms with van der Waals surface area (Å²) in [4.78, 5) is 43.7. The average molecular weight is 449 g/mol. The highest BCUT2D eigenvalue weighted by Gasteiger charge is 2.27. The Labute approximate surface area is 187 Å². The molecule has 0 aliphatic carbocycles. The van der Waals surface area contributed by atoms with Gasteiger partial charge >= 0.3 is 11.9 Å². The van der Waals surface area contributed by atoms with E-state index in [0.29, 0.717) is 20.8 Å². The van der Waals surface area contributed by atoms with Crippen molar-refractivity contribution in [2.75, 3.05) is 7.11 Å². The van der Waals surface area contributed by atoms with Gasteiger partial charge in [-0.15, -0.1) is 11.3 Å². The number of carbonyl (C=O) groups is 2. The zero-order valence-electron chi connectivity index (χ0n) is 17.5. The fourth-order valence-electron chi connectivity index (χ4n) is 3.46. The van der Waals surface area contributed by atoms with Crippen molar-refractivity contribution in [2.45, 2.75) is 19.6 Å². The van der Waals surface area contributed by atoms with Gasteiger partial charge in [-0.25, -0.2) is 14.6 Å². The highest BCUT2D eigenvalue weighted by atomic mass is 32.1. The van der Waals surface area contributed by atoms with Gasteiger partial charge in [0.1, 0.15) is 22.6 Å². The van der Waals surface area contributed by atoms with Crippen LogP contribution in [0.25, 0.3) is 10.2 Å². The number of aromatic nitrogens is 2. The molecule has 1 atom stereocenters. The van der Waals surface area contributed by atoms with E-state index in [-0.39, 0.29) is 12.0 Å². The highest BCUT2D eigenvalue weighted by Crippen LogP contribution is 2.29. The van der Waals surface area contributed by atoms with Crippen LogP contribution in [0.5, 0.6) is 0 Å². The van der Waals surface area contributed by atoms with Crippen LogP contribution in [0.4, 0.5) is 0 Å². The van der Waals surface area contributed by atoms with Gasteiger partial charge in [0.25, 0.3) is 5.56 Å². The molecule has 1 unspecified atom stereocenters. The van der Waals surface area contributed by atoms with E-state index in [1.807, 2.05) is 36.4 Å². The van der Waals surface area contributed by atoms with Gasteiger partial charge in [0.05, 0.1) is 12.5 Å². The number of ether oxygens (including phenoxy) is 2. The monoisotopic (exact) mass is 448 g/mol. The molecular formula is C24H20N2O5S. The van der Waals surface area contributed by atoms with Crippen LogP contribution in [-0.2, 0) is 20.9 Å². The second-order valence-corrected chi connectivity index (χ2v) is 8.09. The van der Waals surface area contributed by atoms with E-state index in [9.17, 15) is 14.4 Å². The molecule has 0 amide bonds. The Balaban J connectivity index is 1.72. The maximum atomic E-state index is 13.4. The minimum atomic E-state index is -0.988. The maximum Gasteiger partial charge on any atom is 0.349 e. The topological polar surface area (TPSA) is 87.5 Å². The van der Waals surface area contributed by atoms with Gasteiger partial charge in [0, 0.05) is 0 Å². The summed E-state index contributed by atoms with van der Waals surface area (Å²) in [6, 6.07) is 17.2. The summed E-state index contributed by atoms with van der Waals surface area (Å²) >= 11 is 1.10. The Morgan fingerprint density at radius 2 is 1.72 bits per heavy atom. The third-order valence-corrected chi connectivity index (χ3v) is 6.27. The number of hydrogen-bond acceptors (Lipinski definition) is 7. The van der Waals surface area contributed by atoms with Crippen LogP contribution >= 0.6 is 11.3 Å². The normalized spacial score (nSPS) is 11.8. The molecule has 8 heteroatoms. The molecule has 0 N–H and O–H groups in total. The Kier molecular flexibility index (Phi) is 6.13. The molecule has 32 heavy (non-hydrogen) atoms. The van der Waals surface area contributed by atoms with Gasteiger partial charge < -0.3 is 9.47 Å². The highest BCUT2D eigenvalue weighted by molar-refractivity contribution is 7.20. The minimum absolute atomic E-state index is 0.128. The molecule has 4 aromatic rings. The van der Waals surface area contributed by atoms with Gasteiger partial charge in [-0.2, -0.15) is 0 Å². The zero-order chi connectivity index (χ0) is 22.7. The van der Waals surface area contributed by atoms with Crippen LogP contribution in [0.15, 0.2) is 71.8 Å². The molecule has 0 aliphatic rings. The number of nitrogens with zero attached hydrogens (tertiary/aromatic N) is 2. The quantitative estimate of drug-likeness (QED) is 0.416. The molecule has 4 rings (SSSR count). The number of fused-ring (bicyclic) bond motifs is 1. The van der Waals surface area contributed by atoms with Gasteiger partial charge in [-0.1, -0.05) is 60.7 Å². The molecule has 2 aromatic heterocycles. The number of benzene rings is 2. The number of methoxy groups -OCH3 is 1. The smallest absolute Gasteiger partial charge is 0.349 e. The minimum Gasteiger partial charge on any atom is -0.467 e. The molecule has 7 nitrogen and oxygen atoms in total. The summed E-state index contributed by atoms with van der Waals surface area (Å²) in [5, 5.41) is 0.286. The lowest BCUT2D eigenvalue weighted by Crippen LogP contribution is -2.31. The molecule has 0 saturated carbocycles. The van der Waals surface area contributed by atoms with E-state index in [0.717, 1.165) is 16.9 Å². The largest absolute Gasteiger partial charge is 0.467 e. The fraction of sp³-hybridized carbons (Fsp3) is 0.167. The van der Waals surface area contributed by atoms with E-state index in [1.54, 1.807) is 31.2 Å². The van der Waals surface area contributed by atoms with E-state index < -0.39 is 23.5 Å². The third kappa shape index (κ3) is 4.04. The molecule has 0 saturated heterocycles. The maximum absolute atomic E-state index is 13.4. The number of hydrogen-bond donors (Lipinski definition) is 0. The zero-order valence-corrected chi connectivity index (χ0v) is 18.3. The van der Waals surface area contributed by atoms with Gasteiger partial charge in [0.2, 0.25) is 0 Å². The number of esters is 2. The number of carbonyl (C=O) groups excluding carboxylic acids is 2. The average Bonchev–Trinajstić information content (AvgIpc) is 3.17. The van der Waals surface area contributed by atoms with E-state index in [2.05, 4.69) is 4.98 Å². The van der Waals surface area contributed by atoms with Gasteiger partial charge in [-0.05, 0) is 23.6 Å². The second-order valence-electron chi connectivity index (χ2n) is 7.09. The summed E-state index contributed by atoms with van der Waals surface area (Å²) in [6.45, 7) is 1.81. The van der Waals surface area contributed by atoms with E-state index in [1.165, 1.54) is 18.0 Å². The van der Waals surface area contributed by atoms with Gasteiger partial charge in [-0.3, -0.25) is 9.36 Å². The Morgan fingerprint density at radius 3 is 2.38 bits per heavy atom. The van der Waals surface area contributed by atoms with Crippen LogP contribution in [0.1, 0.15) is 32.4 Å². The summed E-state index contributed by atoms with van der Waals surface area (Å²) in [6.07, 6.45) is 1.31. The standard InChI is InChI=1S/C24H20N2O5S/c1-15-18-21(32-20(15)24(29)31-13-16-9-5-3-6-10-16)25-14-26(22(18)27)19(23(28)30-2)17-11-7-4-8-12-17/h3-12,14,19H,13H2,1-2H3. The van der Waals surface area contributed by atoms with E-state index >= 15 is 0 Å². The van der Waals surface area contributed by atoms with Crippen molar-refractivity contribution in [3.63, 3.8) is 0 Å². The molecule has 0 spiro atoms. The van der Waals surface area contributed by atoms with Crippen molar-refractivity contribution in [1.82, 2.24) is 9.55 Å². The van der Waals surface area contributed by atoms with Crippen LogP contribution in [0.2, 0.25) is 0 Å². The SMILES string of the molecule is COC(=O)C(c1ccccc1)n1cnc2sc(C(=O)OCc3ccccc3)c(C)c2c1=O. The lowest BCUT2D eigenvalue weighted by molar-refractivity contribution is -0.143. The first-order chi connectivity index (χ1) is 15.5. The second kappa shape index (κ2) is 9.15. The first kappa shape index (κ1) is 21.5. The molecule has 2 aromatic carbocycles. The fourth-order valence-corrected chi connectivity index (χ4v) is 4.49. The molecular weight excluding hydrogens is 428 g/mol. The lowest BCUT2D eigenvalue weighted by Gasteiger charge is -2.17. The molecule has 0 radical (unpaired) electrons. The number of rotatable bonds is 6. The molecule has 162 valence electrons. The molecule has 2 heterocycles. The van der Waals surface area contributed by atoms with E-state index in [4.69, 9.17) is 9.47 Å². The first-order valence-electron chi connectivity index (χ1n) is 9.85. The van der Waals surface area contributed by atoms with Crippen LogP contribution in [0.3, 0.4) is 0 Å². The predicted molar refractivity (Wildman–Crippen MR) is 121 cm³/mol. The summed E-state index contributed by atoms with van der Waals surface area (Å²) in [7, 11) is 1.27. The lowest BCUT2D eigenvalue weighted by atomic mass is 10.1. The van der Waals surface area contributed by atoms with Crippen LogP contribution in [0, 0.1) is 6.92 Å². The molecule has 0 fully saturated rings. The summed E-state index contributed by atoms with van der Waals surface area (Å²) in [5.74, 6) is -1.11. The van der Waals surface area contributed by atoms with Crippen molar-refractivity contribution in [2.24, 2.45) is 0 Å². The molecule has 0 bridgehead atoms. The van der Waals surface area contributed by atoms with Crippen LogP contribution in [-0.4, -0.2) is 28.6 Å². The van der Waals surface area contributed by atoms with Crippen molar-refractivity contribution in [3.8, 4) is 0 Å². The van der Waals surface area contributed by atoms with Crippen molar-refractivity contribution < 1.29 is 19.1 Å². The Morgan fingerprint density at radius 1 is 1.06 bits per heavy atom. The molecule has 0 aliphatic heterocycles. The first-order valence-corrected chi connectivity index (χ1v) is 10.7. The summed E-state index contributed by atoms with van der Waals surface area (Å²) in [5.41, 5.74) is 1.51. The number of aryl methyl sites for hydroxylation is 1. The predicted octanol–water partition coefficient (Wildman–Crippen LogP) is 3.89. The van der Waals surface area contributed by atoms with Gasteiger partial charge in [0.15, 0.2) is 6.04 Å². The van der Waals surface area contributed by atoms with Crippen molar-refractivity contribution in [3.05, 3.63) is 98.9 Å².